The highest BCUT2D eigenvalue weighted by Crippen LogP contribution is 2.22. The van der Waals surface area contributed by atoms with Crippen LogP contribution in [0, 0.1) is 6.92 Å². The van der Waals surface area contributed by atoms with Crippen molar-refractivity contribution < 1.29 is 17.9 Å². The van der Waals surface area contributed by atoms with Crippen LogP contribution in [0.3, 0.4) is 0 Å². The van der Waals surface area contributed by atoms with Gasteiger partial charge in [0.15, 0.2) is 0 Å². The van der Waals surface area contributed by atoms with Gasteiger partial charge in [-0.1, -0.05) is 31.2 Å². The Kier molecular flexibility index (Phi) is 5.05. The van der Waals surface area contributed by atoms with Crippen molar-refractivity contribution in [2.75, 3.05) is 11.8 Å². The number of hydrogen-bond acceptors (Lipinski definition) is 4. The first-order chi connectivity index (χ1) is 10.9. The van der Waals surface area contributed by atoms with E-state index in [2.05, 4.69) is 9.46 Å². The first kappa shape index (κ1) is 17.0. The van der Waals surface area contributed by atoms with Crippen molar-refractivity contribution in [1.82, 2.24) is 0 Å². The topological polar surface area (TPSA) is 72.5 Å². The quantitative estimate of drug-likeness (QED) is 0.853. The van der Waals surface area contributed by atoms with Crippen LogP contribution in [0.15, 0.2) is 47.4 Å². The molecule has 0 bridgehead atoms. The Morgan fingerprint density at radius 3 is 2.52 bits per heavy atom. The fourth-order valence-corrected chi connectivity index (χ4v) is 3.36. The molecule has 0 spiro atoms. The van der Waals surface area contributed by atoms with Gasteiger partial charge in [0.1, 0.15) is 0 Å². The number of methoxy groups -OCH3 is 1. The molecule has 2 aromatic rings. The van der Waals surface area contributed by atoms with Gasteiger partial charge in [-0.3, -0.25) is 4.72 Å². The van der Waals surface area contributed by atoms with E-state index in [1.165, 1.54) is 19.2 Å². The molecule has 5 nitrogen and oxygen atoms in total. The highest BCUT2D eigenvalue weighted by atomic mass is 32.2. The third-order valence-corrected chi connectivity index (χ3v) is 4.93. The van der Waals surface area contributed by atoms with Gasteiger partial charge in [-0.05, 0) is 42.7 Å². The maximum atomic E-state index is 12.6. The molecule has 0 radical (unpaired) electrons. The van der Waals surface area contributed by atoms with E-state index in [1.807, 2.05) is 19.1 Å². The number of benzene rings is 2. The second-order valence-corrected chi connectivity index (χ2v) is 6.77. The Bertz CT molecular complexity index is 828. The molecule has 1 N–H and O–H groups in total. The largest absolute Gasteiger partial charge is 0.465 e. The summed E-state index contributed by atoms with van der Waals surface area (Å²) in [4.78, 5) is 11.8. The van der Waals surface area contributed by atoms with Crippen molar-refractivity contribution >= 4 is 21.7 Å². The molecule has 2 rings (SSSR count). The molecule has 0 aliphatic heterocycles. The maximum absolute atomic E-state index is 12.6. The molecule has 0 fully saturated rings. The first-order valence-corrected chi connectivity index (χ1v) is 8.67. The lowest BCUT2D eigenvalue weighted by molar-refractivity contribution is 0.0599. The molecule has 6 heteroatoms. The molecule has 0 amide bonds. The zero-order valence-corrected chi connectivity index (χ0v) is 14.1. The zero-order chi connectivity index (χ0) is 17.0. The van der Waals surface area contributed by atoms with Crippen LogP contribution in [0.1, 0.15) is 28.4 Å². The van der Waals surface area contributed by atoms with Gasteiger partial charge in [-0.15, -0.1) is 0 Å². The minimum Gasteiger partial charge on any atom is -0.465 e. The van der Waals surface area contributed by atoms with Gasteiger partial charge >= 0.3 is 5.97 Å². The van der Waals surface area contributed by atoms with Gasteiger partial charge < -0.3 is 4.74 Å². The average Bonchev–Trinajstić information content (AvgIpc) is 2.54. The third-order valence-electron chi connectivity index (χ3n) is 3.57. The number of rotatable bonds is 5. The number of anilines is 1. The number of sulfonamides is 1. The van der Waals surface area contributed by atoms with E-state index in [9.17, 15) is 13.2 Å². The fraction of sp³-hybridized carbons (Fsp3) is 0.235. The third kappa shape index (κ3) is 3.71. The number of esters is 1. The number of ether oxygens (including phenoxy) is 1. The summed E-state index contributed by atoms with van der Waals surface area (Å²) in [5, 5.41) is 0. The van der Waals surface area contributed by atoms with Gasteiger partial charge in [-0.2, -0.15) is 0 Å². The average molecular weight is 333 g/mol. The first-order valence-electron chi connectivity index (χ1n) is 7.18. The van der Waals surface area contributed by atoms with Crippen molar-refractivity contribution in [2.24, 2.45) is 0 Å². The standard InChI is InChI=1S/C17H19NO4S/c1-4-13-7-5-6-8-16(13)18-23(20,21)14-10-9-12(2)15(11-14)17(19)22-3/h5-11,18H,4H2,1-3H3. The Hall–Kier alpha value is -2.34. The van der Waals surface area contributed by atoms with E-state index in [-0.39, 0.29) is 10.5 Å². The second-order valence-electron chi connectivity index (χ2n) is 5.08. The van der Waals surface area contributed by atoms with E-state index in [0.29, 0.717) is 17.7 Å². The van der Waals surface area contributed by atoms with Crippen LogP contribution >= 0.6 is 0 Å². The number of para-hydroxylation sites is 1. The molecule has 0 aliphatic carbocycles. The molecule has 0 unspecified atom stereocenters. The van der Waals surface area contributed by atoms with Gasteiger partial charge in [0.25, 0.3) is 10.0 Å². The predicted molar refractivity (Wildman–Crippen MR) is 89.1 cm³/mol. The van der Waals surface area contributed by atoms with E-state index >= 15 is 0 Å². The lowest BCUT2D eigenvalue weighted by atomic mass is 10.1. The summed E-state index contributed by atoms with van der Waals surface area (Å²) in [6.45, 7) is 3.68. The second kappa shape index (κ2) is 6.83. The Labute approximate surface area is 136 Å². The molecule has 0 aromatic heterocycles. The van der Waals surface area contributed by atoms with E-state index in [4.69, 9.17) is 0 Å². The Morgan fingerprint density at radius 2 is 1.87 bits per heavy atom. The van der Waals surface area contributed by atoms with E-state index in [0.717, 1.165) is 5.56 Å². The summed E-state index contributed by atoms with van der Waals surface area (Å²) in [5.41, 5.74) is 2.33. The van der Waals surface area contributed by atoms with Crippen molar-refractivity contribution in [2.45, 2.75) is 25.2 Å². The van der Waals surface area contributed by atoms with Crippen molar-refractivity contribution in [3.05, 3.63) is 59.2 Å². The van der Waals surface area contributed by atoms with Gasteiger partial charge in [-0.25, -0.2) is 13.2 Å². The Balaban J connectivity index is 2.42. The molecule has 122 valence electrons. The SMILES string of the molecule is CCc1ccccc1NS(=O)(=O)c1ccc(C)c(C(=O)OC)c1. The molecule has 0 saturated carbocycles. The number of nitrogens with one attached hydrogen (secondary N) is 1. The zero-order valence-electron chi connectivity index (χ0n) is 13.3. The maximum Gasteiger partial charge on any atom is 0.338 e. The van der Waals surface area contributed by atoms with Crippen molar-refractivity contribution in [3.8, 4) is 0 Å². The smallest absolute Gasteiger partial charge is 0.338 e. The molecular weight excluding hydrogens is 314 g/mol. The lowest BCUT2D eigenvalue weighted by Crippen LogP contribution is -2.15. The van der Waals surface area contributed by atoms with Crippen LogP contribution in [0.4, 0.5) is 5.69 Å². The van der Waals surface area contributed by atoms with Crippen LogP contribution in [0.2, 0.25) is 0 Å². The molecule has 0 heterocycles. The normalized spacial score (nSPS) is 11.1. The van der Waals surface area contributed by atoms with Crippen LogP contribution in [-0.4, -0.2) is 21.5 Å². The monoisotopic (exact) mass is 333 g/mol. The summed E-state index contributed by atoms with van der Waals surface area (Å²) >= 11 is 0. The molecular formula is C17H19NO4S. The molecule has 23 heavy (non-hydrogen) atoms. The highest BCUT2D eigenvalue weighted by Gasteiger charge is 2.19. The van der Waals surface area contributed by atoms with Crippen molar-refractivity contribution in [3.63, 3.8) is 0 Å². The van der Waals surface area contributed by atoms with Crippen LogP contribution < -0.4 is 4.72 Å². The minimum atomic E-state index is -3.78. The summed E-state index contributed by atoms with van der Waals surface area (Å²) in [6, 6.07) is 11.6. The van der Waals surface area contributed by atoms with E-state index in [1.54, 1.807) is 25.1 Å². The lowest BCUT2D eigenvalue weighted by Gasteiger charge is -2.13. The van der Waals surface area contributed by atoms with Gasteiger partial charge in [0, 0.05) is 0 Å². The molecule has 0 aliphatic rings. The number of carbonyl (C=O) groups is 1. The van der Waals surface area contributed by atoms with E-state index < -0.39 is 16.0 Å². The molecule has 0 atom stereocenters. The number of aryl methyl sites for hydroxylation is 2. The fourth-order valence-electron chi connectivity index (χ4n) is 2.23. The van der Waals surface area contributed by atoms with Gasteiger partial charge in [0.2, 0.25) is 0 Å². The number of hydrogen-bond donors (Lipinski definition) is 1. The summed E-state index contributed by atoms with van der Waals surface area (Å²) in [6.07, 6.45) is 0.708. The number of carbonyl (C=O) groups excluding carboxylic acids is 1. The molecule has 2 aromatic carbocycles. The predicted octanol–water partition coefficient (Wildman–Crippen LogP) is 3.14. The van der Waals surface area contributed by atoms with Crippen LogP contribution in [0.25, 0.3) is 0 Å². The minimum absolute atomic E-state index is 0.0226. The summed E-state index contributed by atoms with van der Waals surface area (Å²) < 4.78 is 32.4. The summed E-state index contributed by atoms with van der Waals surface area (Å²) in [5.74, 6) is -0.562. The molecule has 0 saturated heterocycles. The van der Waals surface area contributed by atoms with Gasteiger partial charge in [0.05, 0.1) is 23.3 Å². The summed E-state index contributed by atoms with van der Waals surface area (Å²) in [7, 11) is -2.52. The van der Waals surface area contributed by atoms with Crippen LogP contribution in [-0.2, 0) is 21.2 Å². The Morgan fingerprint density at radius 1 is 1.17 bits per heavy atom. The highest BCUT2D eigenvalue weighted by molar-refractivity contribution is 7.92. The van der Waals surface area contributed by atoms with Crippen molar-refractivity contribution in [1.29, 1.82) is 0 Å². The van der Waals surface area contributed by atoms with Crippen LogP contribution in [0.5, 0.6) is 0 Å².